The zero-order valence-corrected chi connectivity index (χ0v) is 14.2. The van der Waals surface area contributed by atoms with Gasteiger partial charge in [-0.3, -0.25) is 4.79 Å². The molecule has 0 atom stereocenters. The minimum absolute atomic E-state index is 0.0298. The van der Waals surface area contributed by atoms with Crippen LogP contribution in [0.15, 0.2) is 35.0 Å². The molecule has 0 amide bonds. The van der Waals surface area contributed by atoms with Crippen LogP contribution in [-0.2, 0) is 4.79 Å². The number of rotatable bonds is 4. The maximum absolute atomic E-state index is 11.9. The Morgan fingerprint density at radius 3 is 2.73 bits per heavy atom. The summed E-state index contributed by atoms with van der Waals surface area (Å²) in [7, 11) is 0. The van der Waals surface area contributed by atoms with Crippen molar-refractivity contribution in [3.8, 4) is 5.75 Å². The Kier molecular flexibility index (Phi) is 5.26. The highest BCUT2D eigenvalue weighted by molar-refractivity contribution is 8.45. The number of thioether (sulfide) groups is 2. The smallest absolute Gasteiger partial charge is 0.244 e. The van der Waals surface area contributed by atoms with Gasteiger partial charge in [-0.15, -0.1) is 0 Å². The summed E-state index contributed by atoms with van der Waals surface area (Å²) in [5.41, 5.74) is 1.51. The van der Waals surface area contributed by atoms with Gasteiger partial charge in [0.2, 0.25) is 5.12 Å². The van der Waals surface area contributed by atoms with Crippen molar-refractivity contribution >= 4 is 39.1 Å². The summed E-state index contributed by atoms with van der Waals surface area (Å²) >= 11 is 2.83. The molecule has 3 nitrogen and oxygen atoms in total. The number of hydrogen-bond acceptors (Lipinski definition) is 5. The van der Waals surface area contributed by atoms with Crippen LogP contribution in [-0.4, -0.2) is 21.3 Å². The van der Waals surface area contributed by atoms with Gasteiger partial charge >= 0.3 is 0 Å². The average molecular weight is 333 g/mol. The molecule has 0 bridgehead atoms. The van der Waals surface area contributed by atoms with Gasteiger partial charge in [-0.2, -0.15) is 0 Å². The Balaban J connectivity index is 1.67. The number of carbonyl (C=O) groups excluding carboxylic acids is 1. The summed E-state index contributed by atoms with van der Waals surface area (Å²) in [4.78, 5) is 16.3. The molecular formula is C17H19NO2S2. The van der Waals surface area contributed by atoms with Gasteiger partial charge in [-0.05, 0) is 67.0 Å². The second kappa shape index (κ2) is 7.38. The first-order valence-electron chi connectivity index (χ1n) is 7.66. The summed E-state index contributed by atoms with van der Waals surface area (Å²) in [6.45, 7) is 2.06. The first-order chi connectivity index (χ1) is 10.7. The van der Waals surface area contributed by atoms with Gasteiger partial charge in [0.25, 0.3) is 0 Å². The Labute approximate surface area is 139 Å². The van der Waals surface area contributed by atoms with Crippen LogP contribution in [0.25, 0.3) is 6.08 Å². The highest BCUT2D eigenvalue weighted by atomic mass is 32.2. The van der Waals surface area contributed by atoms with E-state index in [-0.39, 0.29) is 5.12 Å². The zero-order chi connectivity index (χ0) is 15.4. The highest BCUT2D eigenvalue weighted by Crippen LogP contribution is 2.31. The molecule has 0 unspecified atom stereocenters. The number of benzene rings is 1. The van der Waals surface area contributed by atoms with E-state index in [2.05, 4.69) is 11.9 Å². The van der Waals surface area contributed by atoms with E-state index in [1.54, 1.807) is 11.8 Å². The fourth-order valence-corrected chi connectivity index (χ4v) is 4.31. The van der Waals surface area contributed by atoms with Crippen molar-refractivity contribution in [3.05, 3.63) is 35.5 Å². The van der Waals surface area contributed by atoms with Crippen molar-refractivity contribution in [2.24, 2.45) is 4.99 Å². The van der Waals surface area contributed by atoms with Crippen molar-refractivity contribution in [3.63, 3.8) is 0 Å². The second-order valence-corrected chi connectivity index (χ2v) is 7.80. The lowest BCUT2D eigenvalue weighted by Gasteiger charge is -2.12. The Bertz CT molecular complexity index is 602. The molecule has 5 heteroatoms. The summed E-state index contributed by atoms with van der Waals surface area (Å²) in [5.74, 6) is 1.84. The molecule has 1 fully saturated rings. The molecule has 1 saturated carbocycles. The third kappa shape index (κ3) is 3.96. The van der Waals surface area contributed by atoms with Gasteiger partial charge in [0, 0.05) is 0 Å². The van der Waals surface area contributed by atoms with E-state index >= 15 is 0 Å². The van der Waals surface area contributed by atoms with Crippen LogP contribution < -0.4 is 4.74 Å². The van der Waals surface area contributed by atoms with E-state index in [0.717, 1.165) is 34.3 Å². The van der Waals surface area contributed by atoms with Crippen LogP contribution in [0.4, 0.5) is 0 Å². The van der Waals surface area contributed by atoms with E-state index in [1.807, 2.05) is 30.3 Å². The van der Waals surface area contributed by atoms with Crippen molar-refractivity contribution < 1.29 is 9.53 Å². The first kappa shape index (κ1) is 15.7. The molecule has 1 aromatic carbocycles. The average Bonchev–Trinajstić information content (AvgIpc) is 3.12. The summed E-state index contributed by atoms with van der Waals surface area (Å²) in [5, 5.41) is 0.0298. The molecule has 2 aliphatic rings. The van der Waals surface area contributed by atoms with E-state index in [0.29, 0.717) is 11.8 Å². The van der Waals surface area contributed by atoms with Gasteiger partial charge in [0.1, 0.15) is 15.8 Å². The molecule has 1 aliphatic carbocycles. The monoisotopic (exact) mass is 333 g/mol. The van der Waals surface area contributed by atoms with E-state index in [1.165, 1.54) is 24.6 Å². The van der Waals surface area contributed by atoms with E-state index in [4.69, 9.17) is 4.74 Å². The minimum Gasteiger partial charge on any atom is -0.490 e. The van der Waals surface area contributed by atoms with Crippen LogP contribution in [0.1, 0.15) is 38.2 Å². The maximum Gasteiger partial charge on any atom is 0.244 e. The molecule has 3 rings (SSSR count). The normalized spacial score (nSPS) is 20.7. The standard InChI is InChI=1S/C17H19NO2S2/c1-2-21-17-18-15(16(19)22-17)11-12-7-9-14(10-8-12)20-13-5-3-4-6-13/h7-11,13H,2-6H2,1H3/b15-11+. The SMILES string of the molecule is CCSC1=N/C(=C/c2ccc(OC3CCCC3)cc2)C(=O)S1. The summed E-state index contributed by atoms with van der Waals surface area (Å²) in [6, 6.07) is 7.91. The van der Waals surface area contributed by atoms with Crippen molar-refractivity contribution in [1.82, 2.24) is 0 Å². The predicted molar refractivity (Wildman–Crippen MR) is 95.5 cm³/mol. The molecule has 1 aliphatic heterocycles. The van der Waals surface area contributed by atoms with Crippen LogP contribution >= 0.6 is 23.5 Å². The molecule has 22 heavy (non-hydrogen) atoms. The fourth-order valence-electron chi connectivity index (χ4n) is 2.57. The maximum atomic E-state index is 11.9. The summed E-state index contributed by atoms with van der Waals surface area (Å²) < 4.78 is 6.79. The number of nitrogens with zero attached hydrogens (tertiary/aromatic N) is 1. The molecule has 0 spiro atoms. The largest absolute Gasteiger partial charge is 0.490 e. The van der Waals surface area contributed by atoms with Crippen molar-refractivity contribution in [2.75, 3.05) is 5.75 Å². The molecule has 1 heterocycles. The molecular weight excluding hydrogens is 314 g/mol. The van der Waals surface area contributed by atoms with Crippen molar-refractivity contribution in [1.29, 1.82) is 0 Å². The molecule has 0 radical (unpaired) electrons. The lowest BCUT2D eigenvalue weighted by Crippen LogP contribution is -2.10. The zero-order valence-electron chi connectivity index (χ0n) is 12.6. The molecule has 0 N–H and O–H groups in total. The quantitative estimate of drug-likeness (QED) is 0.747. The number of aliphatic imine (C=N–C) groups is 1. The third-order valence-electron chi connectivity index (χ3n) is 3.66. The number of hydrogen-bond donors (Lipinski definition) is 0. The highest BCUT2D eigenvalue weighted by Gasteiger charge is 2.22. The van der Waals surface area contributed by atoms with Crippen LogP contribution in [0.2, 0.25) is 0 Å². The van der Waals surface area contributed by atoms with Crippen molar-refractivity contribution in [2.45, 2.75) is 38.7 Å². The second-order valence-electron chi connectivity index (χ2n) is 5.32. The van der Waals surface area contributed by atoms with Gasteiger partial charge < -0.3 is 4.74 Å². The Hall–Kier alpha value is -1.20. The number of carbonyl (C=O) groups is 1. The fraction of sp³-hybridized carbons (Fsp3) is 0.412. The number of ether oxygens (including phenoxy) is 1. The van der Waals surface area contributed by atoms with Gasteiger partial charge in [0.15, 0.2) is 0 Å². The van der Waals surface area contributed by atoms with Gasteiger partial charge in [-0.1, -0.05) is 30.8 Å². The lowest BCUT2D eigenvalue weighted by atomic mass is 10.2. The molecule has 0 saturated heterocycles. The minimum atomic E-state index is 0.0298. The van der Waals surface area contributed by atoms with Gasteiger partial charge in [-0.25, -0.2) is 4.99 Å². The first-order valence-corrected chi connectivity index (χ1v) is 9.47. The van der Waals surface area contributed by atoms with Crippen LogP contribution in [0, 0.1) is 0 Å². The molecule has 0 aromatic heterocycles. The van der Waals surface area contributed by atoms with Gasteiger partial charge in [0.05, 0.1) is 6.10 Å². The van der Waals surface area contributed by atoms with Crippen LogP contribution in [0.5, 0.6) is 5.75 Å². The lowest BCUT2D eigenvalue weighted by molar-refractivity contribution is -0.107. The molecule has 116 valence electrons. The Morgan fingerprint density at radius 1 is 1.32 bits per heavy atom. The van der Waals surface area contributed by atoms with E-state index < -0.39 is 0 Å². The van der Waals surface area contributed by atoms with Crippen LogP contribution in [0.3, 0.4) is 0 Å². The third-order valence-corrected chi connectivity index (χ3v) is 5.55. The topological polar surface area (TPSA) is 38.7 Å². The molecule has 1 aromatic rings. The Morgan fingerprint density at radius 2 is 2.05 bits per heavy atom. The predicted octanol–water partition coefficient (Wildman–Crippen LogP) is 4.73. The van der Waals surface area contributed by atoms with E-state index in [9.17, 15) is 4.79 Å². The summed E-state index contributed by atoms with van der Waals surface area (Å²) in [6.07, 6.45) is 7.07.